The number of aliphatic hydroxyl groups is 3. The van der Waals surface area contributed by atoms with Gasteiger partial charge in [-0.15, -0.1) is 0 Å². The van der Waals surface area contributed by atoms with Gasteiger partial charge >= 0.3 is 7.60 Å². The number of rotatable bonds is 14. The second kappa shape index (κ2) is 11.7. The first kappa shape index (κ1) is 32.3. The quantitative estimate of drug-likeness (QED) is 0.197. The first-order chi connectivity index (χ1) is 15.3. The molecule has 12 heteroatoms. The highest BCUT2D eigenvalue weighted by molar-refractivity contribution is 7.59. The molecule has 0 aromatic heterocycles. The van der Waals surface area contributed by atoms with Crippen LogP contribution < -0.4 is 0 Å². The number of ether oxygens (including phenoxy) is 1. The van der Waals surface area contributed by atoms with Gasteiger partial charge < -0.3 is 29.5 Å². The van der Waals surface area contributed by atoms with Crippen LogP contribution >= 0.6 is 15.0 Å². The van der Waals surface area contributed by atoms with E-state index in [9.17, 15) is 29.3 Å². The van der Waals surface area contributed by atoms with Gasteiger partial charge in [-0.1, -0.05) is 34.1 Å². The van der Waals surface area contributed by atoms with Crippen molar-refractivity contribution in [1.29, 1.82) is 0 Å². The van der Waals surface area contributed by atoms with E-state index in [4.69, 9.17) is 13.8 Å². The van der Waals surface area contributed by atoms with Crippen molar-refractivity contribution in [3.05, 3.63) is 0 Å². The molecule has 0 aromatic carbocycles. The lowest BCUT2D eigenvalue weighted by Gasteiger charge is -2.44. The minimum Gasteiger partial charge on any atom is -0.388 e. The van der Waals surface area contributed by atoms with Gasteiger partial charge in [0.15, 0.2) is 5.34 Å². The van der Waals surface area contributed by atoms with Crippen molar-refractivity contribution in [2.45, 2.75) is 134 Å². The van der Waals surface area contributed by atoms with E-state index < -0.39 is 61.5 Å². The summed E-state index contributed by atoms with van der Waals surface area (Å²) in [5.74, 6) is 0. The summed E-state index contributed by atoms with van der Waals surface area (Å²) < 4.78 is 44.8. The molecule has 0 bridgehead atoms. The van der Waals surface area contributed by atoms with Crippen LogP contribution in [0.5, 0.6) is 0 Å². The zero-order valence-electron chi connectivity index (χ0n) is 22.4. The van der Waals surface area contributed by atoms with Crippen LogP contribution in [0.2, 0.25) is 0 Å². The standard InChI is InChI=1S/C22H47BO9P2/c1-9-13-21(7,14-15-17(24)18(25)19(23)30-15)32-33(8,27)16(10-2)20(5,6)31-34(28,29)22(26,11-3)12-4/h15-19,24-26H,9-14,23H2,1-8H3,(H,28,29)/t15-,16?,17-,18-,19-,21?,33?/m1/s1. The Hall–Kier alpha value is 0.245. The zero-order valence-corrected chi connectivity index (χ0v) is 24.1. The monoisotopic (exact) mass is 528 g/mol. The van der Waals surface area contributed by atoms with Crippen LogP contribution in [0.1, 0.15) is 87.0 Å². The third-order valence-electron chi connectivity index (χ3n) is 7.19. The molecule has 1 rings (SSSR count). The predicted molar refractivity (Wildman–Crippen MR) is 136 cm³/mol. The molecule has 1 aliphatic rings. The van der Waals surface area contributed by atoms with Crippen LogP contribution in [0.15, 0.2) is 0 Å². The van der Waals surface area contributed by atoms with Gasteiger partial charge in [0.25, 0.3) is 0 Å². The van der Waals surface area contributed by atoms with Crippen LogP contribution in [-0.2, 0) is 22.9 Å². The summed E-state index contributed by atoms with van der Waals surface area (Å²) in [4.78, 5) is 10.6. The highest BCUT2D eigenvalue weighted by Crippen LogP contribution is 2.64. The smallest absolute Gasteiger partial charge is 0.359 e. The van der Waals surface area contributed by atoms with Crippen LogP contribution in [0.3, 0.4) is 0 Å². The van der Waals surface area contributed by atoms with Crippen molar-refractivity contribution in [3.63, 3.8) is 0 Å². The average Bonchev–Trinajstić information content (AvgIpc) is 2.92. The van der Waals surface area contributed by atoms with E-state index in [1.807, 2.05) is 20.8 Å². The second-order valence-corrected chi connectivity index (χ2v) is 15.3. The highest BCUT2D eigenvalue weighted by atomic mass is 31.2. The van der Waals surface area contributed by atoms with E-state index in [-0.39, 0.29) is 19.3 Å². The van der Waals surface area contributed by atoms with Gasteiger partial charge in [-0.2, -0.15) is 0 Å². The van der Waals surface area contributed by atoms with Gasteiger partial charge in [-0.25, -0.2) is 0 Å². The van der Waals surface area contributed by atoms with E-state index in [0.717, 1.165) is 6.42 Å². The number of aliphatic hydroxyl groups excluding tert-OH is 2. The summed E-state index contributed by atoms with van der Waals surface area (Å²) in [6, 6.07) is -0.524. The Bertz CT molecular complexity index is 761. The molecule has 4 N–H and O–H groups in total. The second-order valence-electron chi connectivity index (χ2n) is 10.6. The molecule has 1 fully saturated rings. The SMILES string of the molecule is B[C@@H]1O[C@H](CC(C)(CCC)OP(C)(=O)C(CC)C(C)(C)OP(=O)(O)C(O)(CC)CC)[C@@H](O)[C@H]1O. The predicted octanol–water partition coefficient (Wildman–Crippen LogP) is 3.21. The topological polar surface area (TPSA) is 143 Å². The fraction of sp³-hybridized carbons (Fsp3) is 1.00. The minimum absolute atomic E-state index is 0.0347. The lowest BCUT2D eigenvalue weighted by atomic mass is 9.89. The molecule has 34 heavy (non-hydrogen) atoms. The third-order valence-corrected chi connectivity index (χ3v) is 12.5. The average molecular weight is 528 g/mol. The first-order valence-corrected chi connectivity index (χ1v) is 16.1. The molecule has 9 nitrogen and oxygen atoms in total. The Morgan fingerprint density at radius 1 is 1.03 bits per heavy atom. The first-order valence-electron chi connectivity index (χ1n) is 12.4. The largest absolute Gasteiger partial charge is 0.388 e. The third kappa shape index (κ3) is 7.17. The molecule has 202 valence electrons. The zero-order chi connectivity index (χ0) is 26.8. The summed E-state index contributed by atoms with van der Waals surface area (Å²) in [7, 11) is -6.28. The molecule has 8 atom stereocenters. The lowest BCUT2D eigenvalue weighted by Crippen LogP contribution is -2.43. The molecular weight excluding hydrogens is 481 g/mol. The molecule has 1 aliphatic heterocycles. The summed E-state index contributed by atoms with van der Waals surface area (Å²) in [6.07, 6.45) is -0.860. The Morgan fingerprint density at radius 2 is 1.56 bits per heavy atom. The number of hydrogen-bond donors (Lipinski definition) is 4. The molecule has 0 radical (unpaired) electrons. The summed E-state index contributed by atoms with van der Waals surface area (Å²) in [6.45, 7) is 13.5. The van der Waals surface area contributed by atoms with Crippen molar-refractivity contribution in [1.82, 2.24) is 0 Å². The van der Waals surface area contributed by atoms with Crippen molar-refractivity contribution < 1.29 is 43.1 Å². The van der Waals surface area contributed by atoms with E-state index in [0.29, 0.717) is 12.8 Å². The van der Waals surface area contributed by atoms with Crippen LogP contribution in [0.25, 0.3) is 0 Å². The van der Waals surface area contributed by atoms with E-state index in [1.54, 1.807) is 35.5 Å². The van der Waals surface area contributed by atoms with Gasteiger partial charge in [0.05, 0.1) is 29.0 Å². The Labute approximate surface area is 206 Å². The molecule has 0 amide bonds. The highest BCUT2D eigenvalue weighted by Gasteiger charge is 2.53. The maximum Gasteiger partial charge on any atom is 0.359 e. The fourth-order valence-electron chi connectivity index (χ4n) is 5.25. The molecule has 4 unspecified atom stereocenters. The lowest BCUT2D eigenvalue weighted by molar-refractivity contribution is -0.0366. The van der Waals surface area contributed by atoms with Crippen LogP contribution in [0, 0.1) is 0 Å². The maximum atomic E-state index is 14.1. The van der Waals surface area contributed by atoms with Crippen LogP contribution in [0.4, 0.5) is 0 Å². The Kier molecular flexibility index (Phi) is 11.2. The minimum atomic E-state index is -4.48. The van der Waals surface area contributed by atoms with Crippen molar-refractivity contribution >= 4 is 22.8 Å². The van der Waals surface area contributed by atoms with Gasteiger partial charge in [0.1, 0.15) is 20.1 Å². The van der Waals surface area contributed by atoms with Gasteiger partial charge in [-0.3, -0.25) is 13.7 Å². The Balaban J connectivity index is 3.21. The van der Waals surface area contributed by atoms with Crippen molar-refractivity contribution in [2.75, 3.05) is 6.66 Å². The van der Waals surface area contributed by atoms with E-state index in [2.05, 4.69) is 0 Å². The summed E-state index contributed by atoms with van der Waals surface area (Å²) >= 11 is 0. The number of hydrogen-bond acceptors (Lipinski definition) is 8. The van der Waals surface area contributed by atoms with Crippen molar-refractivity contribution in [2.24, 2.45) is 0 Å². The molecule has 1 saturated heterocycles. The summed E-state index contributed by atoms with van der Waals surface area (Å²) in [5.41, 5.74) is -3.02. The molecule has 0 saturated carbocycles. The van der Waals surface area contributed by atoms with Crippen LogP contribution in [-0.4, -0.2) is 81.2 Å². The van der Waals surface area contributed by atoms with E-state index >= 15 is 0 Å². The maximum absolute atomic E-state index is 14.1. The molecule has 1 heterocycles. The van der Waals surface area contributed by atoms with E-state index in [1.165, 1.54) is 6.66 Å². The fourth-order valence-corrected chi connectivity index (χ4v) is 10.1. The molecule has 0 spiro atoms. The molecule has 0 aromatic rings. The van der Waals surface area contributed by atoms with Gasteiger partial charge in [-0.05, 0) is 46.5 Å². The summed E-state index contributed by atoms with van der Waals surface area (Å²) in [5, 5.41) is 29.2. The van der Waals surface area contributed by atoms with Crippen molar-refractivity contribution in [3.8, 4) is 0 Å². The molecule has 0 aliphatic carbocycles. The van der Waals surface area contributed by atoms with Gasteiger partial charge in [0.2, 0.25) is 7.37 Å². The molecular formula is C22H47BO9P2. The normalized spacial score (nSPS) is 30.4. The van der Waals surface area contributed by atoms with Gasteiger partial charge in [0, 0.05) is 13.1 Å². The Morgan fingerprint density at radius 3 is 1.94 bits per heavy atom.